The maximum Gasteiger partial charge on any atom is 0.255 e. The minimum atomic E-state index is -2.60. The van der Waals surface area contributed by atoms with Crippen LogP contribution in [0.5, 0.6) is 0 Å². The molecule has 3 aliphatic rings. The average molecular weight is 384 g/mol. The summed E-state index contributed by atoms with van der Waals surface area (Å²) in [6.07, 6.45) is 0.431. The second-order valence-electron chi connectivity index (χ2n) is 8.00. The van der Waals surface area contributed by atoms with E-state index >= 15 is 0 Å². The second kappa shape index (κ2) is 5.52. The first-order valence-electron chi connectivity index (χ1n) is 8.86. The Kier molecular flexibility index (Phi) is 3.63. The molecule has 3 aliphatic carbocycles. The van der Waals surface area contributed by atoms with E-state index in [0.29, 0.717) is 12.0 Å². The smallest absolute Gasteiger partial charge is 0.255 e. The first kappa shape index (κ1) is 18.4. The number of fused-ring (bicyclic) bond motifs is 3. The molecule has 146 valence electrons. The highest BCUT2D eigenvalue weighted by molar-refractivity contribution is 6.24. The van der Waals surface area contributed by atoms with E-state index in [1.165, 1.54) is 0 Å². The molecule has 1 aromatic carbocycles. The quantitative estimate of drug-likeness (QED) is 0.427. The van der Waals surface area contributed by atoms with Crippen molar-refractivity contribution < 1.29 is 29.7 Å². The summed E-state index contributed by atoms with van der Waals surface area (Å²) < 4.78 is 0. The molecule has 0 bridgehead atoms. The highest BCUT2D eigenvalue weighted by atomic mass is 16.3. The lowest BCUT2D eigenvalue weighted by molar-refractivity contribution is -0.152. The van der Waals surface area contributed by atoms with Crippen LogP contribution in [0.4, 0.5) is 0 Å². The van der Waals surface area contributed by atoms with Crippen molar-refractivity contribution >= 4 is 23.2 Å². The predicted octanol–water partition coefficient (Wildman–Crippen LogP) is 0.0456. The number of rotatable bonds is 1. The molecule has 0 aliphatic heterocycles. The highest BCUT2D eigenvalue weighted by Crippen LogP contribution is 2.56. The molecule has 0 aromatic heterocycles. The monoisotopic (exact) mass is 384 g/mol. The third kappa shape index (κ3) is 2.04. The van der Waals surface area contributed by atoms with Gasteiger partial charge in [-0.15, -0.1) is 0 Å². The third-order valence-electron chi connectivity index (χ3n) is 6.30. The molecule has 0 saturated heterocycles. The Labute approximate surface area is 160 Å². The fourth-order valence-corrected chi connectivity index (χ4v) is 4.95. The maximum absolute atomic E-state index is 13.4. The molecule has 1 amide bonds. The van der Waals surface area contributed by atoms with E-state index in [-0.39, 0.29) is 17.8 Å². The van der Waals surface area contributed by atoms with Crippen molar-refractivity contribution in [1.82, 2.24) is 0 Å². The number of Topliss-reactive ketones (excluding diaryl/α,β-unsaturated/α-hetero) is 2. The summed E-state index contributed by atoms with van der Waals surface area (Å²) in [7, 11) is 0. The van der Waals surface area contributed by atoms with Crippen molar-refractivity contribution in [3.8, 4) is 0 Å². The zero-order valence-electron chi connectivity index (χ0n) is 15.1. The van der Waals surface area contributed by atoms with Crippen molar-refractivity contribution in [1.29, 1.82) is 0 Å². The number of primary amides is 1. The molecule has 1 saturated carbocycles. The van der Waals surface area contributed by atoms with E-state index in [1.807, 2.05) is 12.1 Å². The Balaban J connectivity index is 2.00. The van der Waals surface area contributed by atoms with Crippen LogP contribution in [0, 0.1) is 11.3 Å². The molecule has 4 atom stereocenters. The minimum Gasteiger partial charge on any atom is -0.508 e. The van der Waals surface area contributed by atoms with Gasteiger partial charge in [-0.3, -0.25) is 14.4 Å². The number of hydrogen-bond acceptors (Lipinski definition) is 7. The summed E-state index contributed by atoms with van der Waals surface area (Å²) in [6.45, 7) is 1.74. The summed E-state index contributed by atoms with van der Waals surface area (Å²) >= 11 is 0. The zero-order chi connectivity index (χ0) is 20.6. The van der Waals surface area contributed by atoms with Gasteiger partial charge in [0.05, 0.1) is 6.04 Å². The van der Waals surface area contributed by atoms with Crippen molar-refractivity contribution in [2.24, 2.45) is 22.8 Å². The molecule has 7 N–H and O–H groups in total. The second-order valence-corrected chi connectivity index (χ2v) is 8.00. The van der Waals surface area contributed by atoms with Gasteiger partial charge < -0.3 is 26.8 Å². The molecule has 0 unspecified atom stereocenters. The van der Waals surface area contributed by atoms with Crippen LogP contribution in [0.2, 0.25) is 0 Å². The van der Waals surface area contributed by atoms with Crippen LogP contribution in [-0.2, 0) is 20.8 Å². The van der Waals surface area contributed by atoms with E-state index in [0.717, 1.165) is 5.56 Å². The van der Waals surface area contributed by atoms with Crippen LogP contribution >= 0.6 is 0 Å². The largest absolute Gasteiger partial charge is 0.508 e. The van der Waals surface area contributed by atoms with Crippen LogP contribution in [0.1, 0.15) is 24.5 Å². The number of benzene rings is 1. The van der Waals surface area contributed by atoms with Crippen LogP contribution in [0.25, 0.3) is 5.76 Å². The first-order chi connectivity index (χ1) is 13.0. The van der Waals surface area contributed by atoms with Gasteiger partial charge in [0.1, 0.15) is 17.1 Å². The minimum absolute atomic E-state index is 0.0476. The van der Waals surface area contributed by atoms with Gasteiger partial charge in [0.25, 0.3) is 5.91 Å². The van der Waals surface area contributed by atoms with E-state index in [1.54, 1.807) is 19.1 Å². The van der Waals surface area contributed by atoms with Crippen molar-refractivity contribution in [3.63, 3.8) is 0 Å². The molecule has 0 radical (unpaired) electrons. The number of nitrogens with two attached hydrogens (primary N) is 2. The van der Waals surface area contributed by atoms with Gasteiger partial charge in [-0.2, -0.15) is 0 Å². The van der Waals surface area contributed by atoms with Gasteiger partial charge >= 0.3 is 0 Å². The lowest BCUT2D eigenvalue weighted by Crippen LogP contribution is -2.66. The fourth-order valence-electron chi connectivity index (χ4n) is 4.95. The molecule has 1 aromatic rings. The van der Waals surface area contributed by atoms with Crippen molar-refractivity contribution in [2.75, 3.05) is 0 Å². The highest BCUT2D eigenvalue weighted by Gasteiger charge is 2.65. The number of aliphatic hydroxyl groups excluding tert-OH is 2. The van der Waals surface area contributed by atoms with E-state index in [2.05, 4.69) is 0 Å². The number of hydrogen-bond donors (Lipinski definition) is 5. The number of carbonyl (C=O) groups excluding carboxylic acids is 3. The Hall–Kier alpha value is -2.97. The summed E-state index contributed by atoms with van der Waals surface area (Å²) in [5, 5.41) is 32.6. The molecule has 8 nitrogen and oxygen atoms in total. The van der Waals surface area contributed by atoms with Crippen LogP contribution in [0.3, 0.4) is 0 Å². The van der Waals surface area contributed by atoms with Gasteiger partial charge in [-0.05, 0) is 18.4 Å². The summed E-state index contributed by atoms with van der Waals surface area (Å²) in [5.41, 5.74) is 7.99. The van der Waals surface area contributed by atoms with Gasteiger partial charge in [0.2, 0.25) is 5.78 Å². The molecule has 28 heavy (non-hydrogen) atoms. The molecule has 0 heterocycles. The van der Waals surface area contributed by atoms with Crippen molar-refractivity contribution in [3.05, 3.63) is 52.3 Å². The number of carbonyl (C=O) groups is 3. The Morgan fingerprint density at radius 3 is 2.50 bits per heavy atom. The Morgan fingerprint density at radius 1 is 1.21 bits per heavy atom. The zero-order valence-corrected chi connectivity index (χ0v) is 15.1. The molecule has 0 spiro atoms. The molecular weight excluding hydrogens is 364 g/mol. The summed E-state index contributed by atoms with van der Waals surface area (Å²) in [5.74, 6) is -5.72. The third-order valence-corrected chi connectivity index (χ3v) is 6.30. The van der Waals surface area contributed by atoms with E-state index < -0.39 is 51.8 Å². The van der Waals surface area contributed by atoms with Crippen LogP contribution in [0.15, 0.2) is 41.2 Å². The lowest BCUT2D eigenvalue weighted by atomic mass is 9.52. The molecule has 4 rings (SSSR count). The van der Waals surface area contributed by atoms with Crippen molar-refractivity contribution in [2.45, 2.75) is 31.4 Å². The number of amides is 1. The first-order valence-corrected chi connectivity index (χ1v) is 8.86. The van der Waals surface area contributed by atoms with Crippen LogP contribution < -0.4 is 11.5 Å². The molecule has 8 heteroatoms. The average Bonchev–Trinajstić information content (AvgIpc) is 2.62. The van der Waals surface area contributed by atoms with Crippen LogP contribution in [-0.4, -0.2) is 44.4 Å². The Bertz CT molecular complexity index is 1030. The summed E-state index contributed by atoms with van der Waals surface area (Å²) in [4.78, 5) is 37.5. The standard InChI is InChI=1S/C20H20N2O6/c1-19-6-8-4-2-3-5-9(8)14(23)12(19)17(26)20(28)10(7-19)13(21)15(24)11(16(20)25)18(22)27/h2-5,10,13,23,25,28H,6-7,21H2,1H3,(H2,22,27)/t10-,13-,19-,20+/m0/s1. The van der Waals surface area contributed by atoms with Gasteiger partial charge in [0, 0.05) is 22.5 Å². The summed E-state index contributed by atoms with van der Waals surface area (Å²) in [6, 6.07) is 5.60. The maximum atomic E-state index is 13.4. The van der Waals surface area contributed by atoms with Gasteiger partial charge in [-0.1, -0.05) is 31.2 Å². The van der Waals surface area contributed by atoms with Gasteiger partial charge in [-0.25, -0.2) is 0 Å². The predicted molar refractivity (Wildman–Crippen MR) is 97.7 cm³/mol. The normalized spacial score (nSPS) is 34.7. The van der Waals surface area contributed by atoms with Gasteiger partial charge in [0.15, 0.2) is 11.4 Å². The molecule has 1 fully saturated rings. The van der Waals surface area contributed by atoms with E-state index in [4.69, 9.17) is 11.5 Å². The number of ketones is 2. The SMILES string of the molecule is C[C@@]12Cc3ccccc3C(O)=C1C(=O)[C@]1(O)C(O)=C(C(N)=O)C(=O)[C@@H](N)[C@@H]1C2. The van der Waals surface area contributed by atoms with E-state index in [9.17, 15) is 29.7 Å². The number of aliphatic hydroxyl groups is 3. The fraction of sp³-hybridized carbons (Fsp3) is 0.350. The topological polar surface area (TPSA) is 164 Å². The Morgan fingerprint density at radius 2 is 1.86 bits per heavy atom. The molecular formula is C20H20N2O6. The lowest BCUT2D eigenvalue weighted by Gasteiger charge is -2.52.